The second-order valence-corrected chi connectivity index (χ2v) is 8.06. The Morgan fingerprint density at radius 1 is 1.26 bits per heavy atom. The van der Waals surface area contributed by atoms with Gasteiger partial charge in [0.05, 0.1) is 11.7 Å². The molecule has 2 heterocycles. The van der Waals surface area contributed by atoms with Gasteiger partial charge in [-0.05, 0) is 69.7 Å². The van der Waals surface area contributed by atoms with Crippen molar-refractivity contribution in [3.05, 3.63) is 47.0 Å². The van der Waals surface area contributed by atoms with E-state index in [-0.39, 0.29) is 0 Å². The average molecular weight is 370 g/mol. The Labute approximate surface area is 162 Å². The van der Waals surface area contributed by atoms with Gasteiger partial charge >= 0.3 is 0 Å². The molecule has 5 heteroatoms. The molecule has 2 aromatic rings. The van der Waals surface area contributed by atoms with E-state index in [0.29, 0.717) is 19.2 Å². The van der Waals surface area contributed by atoms with Gasteiger partial charge in [-0.3, -0.25) is 4.90 Å². The summed E-state index contributed by atoms with van der Waals surface area (Å²) >= 11 is 0. The molecule has 1 N–H and O–H groups in total. The summed E-state index contributed by atoms with van der Waals surface area (Å²) in [5, 5.41) is 10.5. The maximum absolute atomic E-state index is 10.5. The molecule has 0 saturated carbocycles. The Bertz CT molecular complexity index is 786. The number of imidazole rings is 1. The number of aryl methyl sites for hydroxylation is 2. The van der Waals surface area contributed by atoms with E-state index in [9.17, 15) is 5.11 Å². The summed E-state index contributed by atoms with van der Waals surface area (Å²) in [7, 11) is 2.17. The first-order valence-electron chi connectivity index (χ1n) is 10.3. The number of likely N-dealkylation sites (tertiary alicyclic amines) is 1. The average Bonchev–Trinajstić information content (AvgIpc) is 3.24. The number of nitrogens with zero attached hydrogens (tertiary/aromatic N) is 3. The number of aromatic nitrogens is 2. The molecule has 1 aromatic carbocycles. The lowest BCUT2D eigenvalue weighted by Crippen LogP contribution is -2.36. The number of rotatable bonds is 6. The molecule has 2 unspecified atom stereocenters. The summed E-state index contributed by atoms with van der Waals surface area (Å²) in [5.41, 5.74) is 3.89. The normalized spacial score (nSPS) is 21.2. The van der Waals surface area contributed by atoms with Crippen LogP contribution in [0.25, 0.3) is 0 Å². The molecule has 0 amide bonds. The third-order valence-electron chi connectivity index (χ3n) is 5.95. The van der Waals surface area contributed by atoms with E-state index >= 15 is 0 Å². The number of ether oxygens (including phenoxy) is 1. The van der Waals surface area contributed by atoms with E-state index in [1.165, 1.54) is 35.6 Å². The zero-order valence-corrected chi connectivity index (χ0v) is 16.5. The summed E-state index contributed by atoms with van der Waals surface area (Å²) in [6, 6.07) is 8.29. The fourth-order valence-electron chi connectivity index (χ4n) is 4.56. The van der Waals surface area contributed by atoms with E-state index in [1.54, 1.807) is 0 Å². The van der Waals surface area contributed by atoms with Crippen LogP contribution in [0.1, 0.15) is 54.5 Å². The van der Waals surface area contributed by atoms with Crippen LogP contribution in [0.2, 0.25) is 0 Å². The van der Waals surface area contributed by atoms with Crippen molar-refractivity contribution in [1.29, 1.82) is 0 Å². The Balaban J connectivity index is 1.39. The molecule has 1 aromatic heterocycles. The molecule has 146 valence electrons. The minimum Gasteiger partial charge on any atom is -0.491 e. The third-order valence-corrected chi connectivity index (χ3v) is 5.95. The van der Waals surface area contributed by atoms with Crippen molar-refractivity contribution in [2.75, 3.05) is 19.7 Å². The number of hydrogen-bond donors (Lipinski definition) is 1. The topological polar surface area (TPSA) is 50.5 Å². The van der Waals surface area contributed by atoms with Gasteiger partial charge in [-0.2, -0.15) is 0 Å². The lowest BCUT2D eigenvalue weighted by Gasteiger charge is -2.26. The number of aliphatic hydroxyl groups is 1. The van der Waals surface area contributed by atoms with Gasteiger partial charge in [0.1, 0.15) is 24.3 Å². The van der Waals surface area contributed by atoms with Crippen LogP contribution in [0.15, 0.2) is 24.3 Å². The highest BCUT2D eigenvalue weighted by atomic mass is 16.5. The van der Waals surface area contributed by atoms with Crippen molar-refractivity contribution in [2.24, 2.45) is 7.05 Å². The maximum Gasteiger partial charge on any atom is 0.126 e. The lowest BCUT2D eigenvalue weighted by atomic mass is 10.0. The van der Waals surface area contributed by atoms with Crippen molar-refractivity contribution in [3.63, 3.8) is 0 Å². The molecule has 0 spiro atoms. The maximum atomic E-state index is 10.5. The highest BCUT2D eigenvalue weighted by molar-refractivity contribution is 5.27. The van der Waals surface area contributed by atoms with Crippen molar-refractivity contribution < 1.29 is 9.84 Å². The first-order valence-corrected chi connectivity index (χ1v) is 10.3. The van der Waals surface area contributed by atoms with E-state index in [0.717, 1.165) is 38.0 Å². The van der Waals surface area contributed by atoms with E-state index < -0.39 is 6.10 Å². The quantitative estimate of drug-likeness (QED) is 0.850. The van der Waals surface area contributed by atoms with Gasteiger partial charge in [0.15, 0.2) is 0 Å². The van der Waals surface area contributed by atoms with Crippen molar-refractivity contribution in [1.82, 2.24) is 14.5 Å². The zero-order chi connectivity index (χ0) is 18.8. The molecule has 1 aliphatic carbocycles. The standard InChI is InChI=1S/C22H31N3O2/c1-16-7-5-8-18(13-16)27-15-17(26)14-25-12-6-11-21(25)22-23-19-9-3-4-10-20(19)24(22)2/h5,7-8,13,17,21,26H,3-4,6,9-12,14-15H2,1-2H3. The first-order chi connectivity index (χ1) is 13.1. The van der Waals surface area contributed by atoms with E-state index in [4.69, 9.17) is 9.72 Å². The number of fused-ring (bicyclic) bond motifs is 1. The van der Waals surface area contributed by atoms with Crippen LogP contribution in [-0.2, 0) is 19.9 Å². The fourth-order valence-corrected chi connectivity index (χ4v) is 4.56. The van der Waals surface area contributed by atoms with Gasteiger partial charge < -0.3 is 14.4 Å². The smallest absolute Gasteiger partial charge is 0.126 e. The molecular weight excluding hydrogens is 338 g/mol. The molecule has 2 aliphatic rings. The largest absolute Gasteiger partial charge is 0.491 e. The molecule has 0 radical (unpaired) electrons. The Hall–Kier alpha value is -1.85. The molecule has 1 aliphatic heterocycles. The minimum absolute atomic E-state index is 0.314. The van der Waals surface area contributed by atoms with Gasteiger partial charge in [0, 0.05) is 19.3 Å². The second kappa shape index (κ2) is 8.03. The van der Waals surface area contributed by atoms with Gasteiger partial charge in [-0.1, -0.05) is 12.1 Å². The summed E-state index contributed by atoms with van der Waals surface area (Å²) in [6.07, 6.45) is 6.58. The summed E-state index contributed by atoms with van der Waals surface area (Å²) in [6.45, 7) is 4.02. The van der Waals surface area contributed by atoms with E-state index in [1.807, 2.05) is 31.2 Å². The Morgan fingerprint density at radius 3 is 2.93 bits per heavy atom. The van der Waals surface area contributed by atoms with Crippen LogP contribution in [0, 0.1) is 6.92 Å². The lowest BCUT2D eigenvalue weighted by molar-refractivity contribution is 0.0623. The van der Waals surface area contributed by atoms with Gasteiger partial charge in [-0.15, -0.1) is 0 Å². The van der Waals surface area contributed by atoms with Gasteiger partial charge in [0.2, 0.25) is 0 Å². The molecule has 27 heavy (non-hydrogen) atoms. The van der Waals surface area contributed by atoms with Crippen molar-refractivity contribution in [3.8, 4) is 5.75 Å². The molecular formula is C22H31N3O2. The van der Waals surface area contributed by atoms with Crippen molar-refractivity contribution in [2.45, 2.75) is 57.6 Å². The number of aliphatic hydroxyl groups excluding tert-OH is 1. The zero-order valence-electron chi connectivity index (χ0n) is 16.5. The molecule has 1 saturated heterocycles. The van der Waals surface area contributed by atoms with Crippen LogP contribution in [-0.4, -0.2) is 45.4 Å². The predicted molar refractivity (Wildman–Crippen MR) is 106 cm³/mol. The Morgan fingerprint density at radius 2 is 2.11 bits per heavy atom. The predicted octanol–water partition coefficient (Wildman–Crippen LogP) is 3.18. The molecule has 2 atom stereocenters. The molecule has 1 fully saturated rings. The second-order valence-electron chi connectivity index (χ2n) is 8.06. The Kier molecular flexibility index (Phi) is 5.50. The van der Waals surface area contributed by atoms with Crippen LogP contribution < -0.4 is 4.74 Å². The van der Waals surface area contributed by atoms with Crippen LogP contribution in [0.5, 0.6) is 5.75 Å². The van der Waals surface area contributed by atoms with E-state index in [2.05, 4.69) is 16.5 Å². The monoisotopic (exact) mass is 369 g/mol. The highest BCUT2D eigenvalue weighted by Gasteiger charge is 2.32. The van der Waals surface area contributed by atoms with Crippen molar-refractivity contribution >= 4 is 0 Å². The highest BCUT2D eigenvalue weighted by Crippen LogP contribution is 2.33. The van der Waals surface area contributed by atoms with Gasteiger partial charge in [0.25, 0.3) is 0 Å². The summed E-state index contributed by atoms with van der Waals surface area (Å²) < 4.78 is 8.12. The van der Waals surface area contributed by atoms with Crippen LogP contribution >= 0.6 is 0 Å². The SMILES string of the molecule is Cc1cccc(OCC(O)CN2CCCC2c2nc3c(n2C)CCCC3)c1. The molecule has 4 rings (SSSR count). The van der Waals surface area contributed by atoms with Crippen LogP contribution in [0.4, 0.5) is 0 Å². The first kappa shape index (κ1) is 18.5. The molecule has 0 bridgehead atoms. The molecule has 5 nitrogen and oxygen atoms in total. The minimum atomic E-state index is -0.499. The van der Waals surface area contributed by atoms with Gasteiger partial charge in [-0.25, -0.2) is 4.98 Å². The number of benzene rings is 1. The fraction of sp³-hybridized carbons (Fsp3) is 0.591. The van der Waals surface area contributed by atoms with Crippen LogP contribution in [0.3, 0.4) is 0 Å². The summed E-state index contributed by atoms with van der Waals surface area (Å²) in [5.74, 6) is 2.01. The number of β-amino-alcohol motifs (C(OH)–C–C–N with tert-alkyl or cyclic N) is 1. The number of hydrogen-bond acceptors (Lipinski definition) is 4. The third kappa shape index (κ3) is 4.04. The summed E-state index contributed by atoms with van der Waals surface area (Å²) in [4.78, 5) is 7.39.